The molecule has 22 heavy (non-hydrogen) atoms. The second-order valence-electron chi connectivity index (χ2n) is 5.44. The standard InChI is InChI=1S/C15H19N5O2/c21-14(11-19-8-5-3-7-15(19)22)16-10-13-18-17-12-6-2-1-4-9-20(12)13/h3,5,7-8H,1-2,4,6,9-11H2,(H,16,21). The summed E-state index contributed by atoms with van der Waals surface area (Å²) in [4.78, 5) is 23.5. The van der Waals surface area contributed by atoms with Gasteiger partial charge in [-0.05, 0) is 18.9 Å². The monoisotopic (exact) mass is 301 g/mol. The van der Waals surface area contributed by atoms with E-state index < -0.39 is 0 Å². The zero-order valence-electron chi connectivity index (χ0n) is 12.4. The first-order chi connectivity index (χ1) is 10.7. The SMILES string of the molecule is O=C(Cn1ccccc1=O)NCc1nnc2n1CCCCC2. The number of pyridine rings is 1. The second-order valence-corrected chi connectivity index (χ2v) is 5.44. The Labute approximate surface area is 128 Å². The number of fused-ring (bicyclic) bond motifs is 1. The average molecular weight is 301 g/mol. The number of aryl methyl sites for hydroxylation is 1. The first kappa shape index (κ1) is 14.5. The van der Waals surface area contributed by atoms with Crippen LogP contribution in [0.15, 0.2) is 29.2 Å². The molecule has 0 aromatic carbocycles. The van der Waals surface area contributed by atoms with Crippen LogP contribution in [0, 0.1) is 0 Å². The van der Waals surface area contributed by atoms with Crippen molar-refractivity contribution in [2.45, 2.75) is 45.3 Å². The van der Waals surface area contributed by atoms with Crippen molar-refractivity contribution < 1.29 is 4.79 Å². The topological polar surface area (TPSA) is 81.8 Å². The van der Waals surface area contributed by atoms with E-state index in [-0.39, 0.29) is 18.0 Å². The number of nitrogens with zero attached hydrogens (tertiary/aromatic N) is 4. The molecule has 7 nitrogen and oxygen atoms in total. The maximum absolute atomic E-state index is 12.0. The van der Waals surface area contributed by atoms with Gasteiger partial charge in [0.15, 0.2) is 5.82 Å². The summed E-state index contributed by atoms with van der Waals surface area (Å²) in [5.41, 5.74) is -0.186. The van der Waals surface area contributed by atoms with Crippen LogP contribution < -0.4 is 10.9 Å². The van der Waals surface area contributed by atoms with E-state index in [0.717, 1.165) is 37.5 Å². The zero-order chi connectivity index (χ0) is 15.4. The maximum Gasteiger partial charge on any atom is 0.250 e. The Morgan fingerprint density at radius 3 is 3.00 bits per heavy atom. The van der Waals surface area contributed by atoms with Crippen LogP contribution in [0.4, 0.5) is 0 Å². The first-order valence-corrected chi connectivity index (χ1v) is 7.57. The summed E-state index contributed by atoms with van der Waals surface area (Å²) < 4.78 is 3.47. The van der Waals surface area contributed by atoms with Gasteiger partial charge in [0, 0.05) is 25.2 Å². The summed E-state index contributed by atoms with van der Waals surface area (Å²) in [6.45, 7) is 1.26. The van der Waals surface area contributed by atoms with Crippen molar-refractivity contribution in [2.24, 2.45) is 0 Å². The van der Waals surface area contributed by atoms with Gasteiger partial charge in [-0.25, -0.2) is 0 Å². The molecule has 0 aliphatic carbocycles. The molecule has 2 aromatic rings. The molecular weight excluding hydrogens is 282 g/mol. The van der Waals surface area contributed by atoms with E-state index in [4.69, 9.17) is 0 Å². The summed E-state index contributed by atoms with van der Waals surface area (Å²) >= 11 is 0. The second kappa shape index (κ2) is 6.55. The van der Waals surface area contributed by atoms with E-state index >= 15 is 0 Å². The lowest BCUT2D eigenvalue weighted by molar-refractivity contribution is -0.121. The number of amides is 1. The minimum Gasteiger partial charge on any atom is -0.347 e. The van der Waals surface area contributed by atoms with Crippen LogP contribution >= 0.6 is 0 Å². The minimum absolute atomic E-state index is 0.0146. The molecule has 1 amide bonds. The van der Waals surface area contributed by atoms with Crippen LogP contribution in [0.1, 0.15) is 30.9 Å². The van der Waals surface area contributed by atoms with E-state index in [1.165, 1.54) is 17.1 Å². The Morgan fingerprint density at radius 2 is 2.14 bits per heavy atom. The quantitative estimate of drug-likeness (QED) is 0.890. The molecule has 0 saturated heterocycles. The van der Waals surface area contributed by atoms with Gasteiger partial charge >= 0.3 is 0 Å². The molecule has 0 spiro atoms. The lowest BCUT2D eigenvalue weighted by Crippen LogP contribution is -2.32. The van der Waals surface area contributed by atoms with Gasteiger partial charge in [-0.1, -0.05) is 12.5 Å². The molecule has 1 N–H and O–H groups in total. The van der Waals surface area contributed by atoms with E-state index in [0.29, 0.717) is 6.54 Å². The van der Waals surface area contributed by atoms with Crippen LogP contribution in [0.3, 0.4) is 0 Å². The van der Waals surface area contributed by atoms with Crippen LogP contribution in [0.2, 0.25) is 0 Å². The number of rotatable bonds is 4. The van der Waals surface area contributed by atoms with Gasteiger partial charge < -0.3 is 14.5 Å². The third-order valence-electron chi connectivity index (χ3n) is 3.84. The summed E-state index contributed by atoms with van der Waals surface area (Å²) in [7, 11) is 0. The van der Waals surface area contributed by atoms with E-state index in [9.17, 15) is 9.59 Å². The van der Waals surface area contributed by atoms with Gasteiger partial charge in [-0.15, -0.1) is 10.2 Å². The summed E-state index contributed by atoms with van der Waals surface area (Å²) in [6, 6.07) is 4.82. The Hall–Kier alpha value is -2.44. The minimum atomic E-state index is -0.209. The number of aromatic nitrogens is 4. The highest BCUT2D eigenvalue weighted by Gasteiger charge is 2.15. The van der Waals surface area contributed by atoms with E-state index in [1.807, 2.05) is 0 Å². The van der Waals surface area contributed by atoms with E-state index in [2.05, 4.69) is 20.1 Å². The number of hydrogen-bond donors (Lipinski definition) is 1. The molecule has 1 aliphatic rings. The van der Waals surface area contributed by atoms with Crippen molar-refractivity contribution >= 4 is 5.91 Å². The van der Waals surface area contributed by atoms with Crippen molar-refractivity contribution in [2.75, 3.05) is 0 Å². The summed E-state index contributed by atoms with van der Waals surface area (Å²) in [5, 5.41) is 11.2. The first-order valence-electron chi connectivity index (χ1n) is 7.57. The molecular formula is C15H19N5O2. The highest BCUT2D eigenvalue weighted by Crippen LogP contribution is 2.14. The van der Waals surface area contributed by atoms with Crippen LogP contribution in [-0.2, 0) is 30.8 Å². The maximum atomic E-state index is 12.0. The zero-order valence-corrected chi connectivity index (χ0v) is 12.4. The molecule has 116 valence electrons. The van der Waals surface area contributed by atoms with Gasteiger partial charge in [-0.2, -0.15) is 0 Å². The van der Waals surface area contributed by atoms with Crippen molar-refractivity contribution in [3.05, 3.63) is 46.4 Å². The van der Waals surface area contributed by atoms with Crippen molar-refractivity contribution in [3.63, 3.8) is 0 Å². The average Bonchev–Trinajstić information content (AvgIpc) is 2.75. The molecule has 0 atom stereocenters. The van der Waals surface area contributed by atoms with Crippen LogP contribution in [0.25, 0.3) is 0 Å². The Bertz CT molecular complexity index is 719. The molecule has 7 heteroatoms. The molecule has 1 aliphatic heterocycles. The van der Waals surface area contributed by atoms with Gasteiger partial charge in [0.1, 0.15) is 12.4 Å². The molecule has 3 rings (SSSR count). The molecule has 0 saturated carbocycles. The lowest BCUT2D eigenvalue weighted by atomic mass is 10.2. The van der Waals surface area contributed by atoms with Crippen molar-refractivity contribution in [3.8, 4) is 0 Å². The predicted octanol–water partition coefficient (Wildman–Crippen LogP) is 0.483. The third-order valence-corrected chi connectivity index (χ3v) is 3.84. The highest BCUT2D eigenvalue weighted by molar-refractivity contribution is 5.75. The molecule has 0 unspecified atom stereocenters. The number of nitrogens with one attached hydrogen (secondary N) is 1. The molecule has 3 heterocycles. The van der Waals surface area contributed by atoms with Gasteiger partial charge in [0.2, 0.25) is 5.91 Å². The largest absolute Gasteiger partial charge is 0.347 e. The van der Waals surface area contributed by atoms with Crippen LogP contribution in [-0.4, -0.2) is 25.2 Å². The number of carbonyl (C=O) groups is 1. The van der Waals surface area contributed by atoms with Crippen molar-refractivity contribution in [1.82, 2.24) is 24.6 Å². The summed E-state index contributed by atoms with van der Waals surface area (Å²) in [5.74, 6) is 1.57. The Balaban J connectivity index is 1.61. The normalized spacial score (nSPS) is 14.2. The van der Waals surface area contributed by atoms with Crippen LogP contribution in [0.5, 0.6) is 0 Å². The van der Waals surface area contributed by atoms with Gasteiger partial charge in [-0.3, -0.25) is 9.59 Å². The smallest absolute Gasteiger partial charge is 0.250 e. The van der Waals surface area contributed by atoms with E-state index in [1.54, 1.807) is 18.3 Å². The van der Waals surface area contributed by atoms with Gasteiger partial charge in [0.05, 0.1) is 6.54 Å². The lowest BCUT2D eigenvalue weighted by Gasteiger charge is -2.09. The Kier molecular flexibility index (Phi) is 4.32. The molecule has 0 bridgehead atoms. The fourth-order valence-corrected chi connectivity index (χ4v) is 2.66. The Morgan fingerprint density at radius 1 is 1.23 bits per heavy atom. The fraction of sp³-hybridized carbons (Fsp3) is 0.467. The number of hydrogen-bond acceptors (Lipinski definition) is 4. The predicted molar refractivity (Wildman–Crippen MR) is 80.1 cm³/mol. The third kappa shape index (κ3) is 3.24. The van der Waals surface area contributed by atoms with Crippen molar-refractivity contribution in [1.29, 1.82) is 0 Å². The summed E-state index contributed by atoms with van der Waals surface area (Å²) in [6.07, 6.45) is 6.00. The highest BCUT2D eigenvalue weighted by atomic mass is 16.2. The fourth-order valence-electron chi connectivity index (χ4n) is 2.66. The molecule has 0 radical (unpaired) electrons. The van der Waals surface area contributed by atoms with Gasteiger partial charge in [0.25, 0.3) is 5.56 Å². The molecule has 2 aromatic heterocycles. The number of carbonyl (C=O) groups excluding carboxylic acids is 1. The molecule has 0 fully saturated rings.